The summed E-state index contributed by atoms with van der Waals surface area (Å²) >= 11 is 5.71. The Balaban J connectivity index is 2.01. The quantitative estimate of drug-likeness (QED) is 0.606. The lowest BCUT2D eigenvalue weighted by molar-refractivity contribution is -0.137. The minimum atomic E-state index is -0.453. The highest BCUT2D eigenvalue weighted by atomic mass is 35.5. The molecule has 0 spiro atoms. The van der Waals surface area contributed by atoms with Crippen LogP contribution in [0.3, 0.4) is 0 Å². The molecule has 2 heterocycles. The molecule has 2 rings (SSSR count). The van der Waals surface area contributed by atoms with Crippen LogP contribution in [0.25, 0.3) is 0 Å². The standard InChI is InChI=1S/C12H14ClFN2O2/c13-11-2-1-9(6-15-11)7-16(4-3-14)10-5-12(17)18-8-10/h1-2,6,10H,3-5,7-8H2. The highest BCUT2D eigenvalue weighted by molar-refractivity contribution is 6.29. The van der Waals surface area contributed by atoms with Gasteiger partial charge in [0.2, 0.25) is 0 Å². The van der Waals surface area contributed by atoms with Crippen molar-refractivity contribution in [3.05, 3.63) is 29.0 Å². The Kier molecular flexibility index (Phi) is 4.49. The van der Waals surface area contributed by atoms with E-state index in [9.17, 15) is 9.18 Å². The first-order valence-corrected chi connectivity index (χ1v) is 6.13. The summed E-state index contributed by atoms with van der Waals surface area (Å²) in [6, 6.07) is 3.49. The summed E-state index contributed by atoms with van der Waals surface area (Å²) in [7, 11) is 0. The summed E-state index contributed by atoms with van der Waals surface area (Å²) in [5.41, 5.74) is 0.937. The van der Waals surface area contributed by atoms with Gasteiger partial charge in [-0.1, -0.05) is 17.7 Å². The van der Waals surface area contributed by atoms with Gasteiger partial charge in [0.1, 0.15) is 18.4 Å². The molecule has 1 fully saturated rings. The molecule has 0 saturated carbocycles. The zero-order valence-electron chi connectivity index (χ0n) is 9.81. The van der Waals surface area contributed by atoms with Crippen LogP contribution in [0, 0.1) is 0 Å². The fourth-order valence-electron chi connectivity index (χ4n) is 1.97. The molecule has 0 radical (unpaired) electrons. The number of rotatable bonds is 5. The number of hydrogen-bond donors (Lipinski definition) is 0. The lowest BCUT2D eigenvalue weighted by Gasteiger charge is -2.25. The van der Waals surface area contributed by atoms with Crippen LogP contribution in [0.2, 0.25) is 5.15 Å². The Morgan fingerprint density at radius 2 is 2.39 bits per heavy atom. The number of aromatic nitrogens is 1. The first kappa shape index (κ1) is 13.2. The normalized spacial score (nSPS) is 19.3. The van der Waals surface area contributed by atoms with Crippen molar-refractivity contribution in [2.75, 3.05) is 19.8 Å². The van der Waals surface area contributed by atoms with Gasteiger partial charge in [-0.3, -0.25) is 9.69 Å². The number of carbonyl (C=O) groups is 1. The Labute approximate surface area is 110 Å². The van der Waals surface area contributed by atoms with Crippen LogP contribution in [0.1, 0.15) is 12.0 Å². The molecule has 0 amide bonds. The summed E-state index contributed by atoms with van der Waals surface area (Å²) in [5, 5.41) is 0.426. The molecule has 18 heavy (non-hydrogen) atoms. The number of hydrogen-bond acceptors (Lipinski definition) is 4. The van der Waals surface area contributed by atoms with Crippen molar-refractivity contribution in [1.82, 2.24) is 9.88 Å². The number of nitrogens with zero attached hydrogens (tertiary/aromatic N) is 2. The van der Waals surface area contributed by atoms with E-state index in [0.29, 0.717) is 24.7 Å². The second-order valence-electron chi connectivity index (χ2n) is 4.19. The average Bonchev–Trinajstić information content (AvgIpc) is 2.78. The molecule has 1 atom stereocenters. The largest absolute Gasteiger partial charge is 0.464 e. The van der Waals surface area contributed by atoms with Gasteiger partial charge in [0.05, 0.1) is 12.5 Å². The zero-order chi connectivity index (χ0) is 13.0. The number of alkyl halides is 1. The van der Waals surface area contributed by atoms with Crippen LogP contribution in [-0.2, 0) is 16.1 Å². The van der Waals surface area contributed by atoms with Gasteiger partial charge < -0.3 is 4.74 Å². The Bertz CT molecular complexity index is 413. The summed E-state index contributed by atoms with van der Waals surface area (Å²) in [6.07, 6.45) is 1.98. The Hall–Kier alpha value is -1.20. The van der Waals surface area contributed by atoms with Crippen molar-refractivity contribution >= 4 is 17.6 Å². The van der Waals surface area contributed by atoms with Crippen molar-refractivity contribution < 1.29 is 13.9 Å². The number of esters is 1. The molecule has 98 valence electrons. The molecular weight excluding hydrogens is 259 g/mol. The summed E-state index contributed by atoms with van der Waals surface area (Å²) < 4.78 is 17.5. The van der Waals surface area contributed by atoms with Crippen LogP contribution in [0.4, 0.5) is 4.39 Å². The molecule has 1 unspecified atom stereocenters. The van der Waals surface area contributed by atoms with Gasteiger partial charge in [-0.2, -0.15) is 0 Å². The van der Waals surface area contributed by atoms with E-state index in [1.807, 2.05) is 11.0 Å². The lowest BCUT2D eigenvalue weighted by atomic mass is 10.2. The van der Waals surface area contributed by atoms with Gasteiger partial charge in [-0.15, -0.1) is 0 Å². The van der Waals surface area contributed by atoms with Crippen molar-refractivity contribution in [2.45, 2.75) is 19.0 Å². The van der Waals surface area contributed by atoms with Crippen molar-refractivity contribution in [2.24, 2.45) is 0 Å². The maximum atomic E-state index is 12.6. The minimum Gasteiger partial charge on any atom is -0.464 e. The molecule has 1 aromatic rings. The van der Waals surface area contributed by atoms with Gasteiger partial charge in [0.15, 0.2) is 0 Å². The van der Waals surface area contributed by atoms with Gasteiger partial charge in [0.25, 0.3) is 0 Å². The molecule has 1 aliphatic heterocycles. The highest BCUT2D eigenvalue weighted by Gasteiger charge is 2.29. The molecule has 0 N–H and O–H groups in total. The van der Waals surface area contributed by atoms with E-state index < -0.39 is 6.67 Å². The first-order valence-electron chi connectivity index (χ1n) is 5.75. The third kappa shape index (κ3) is 3.40. The first-order chi connectivity index (χ1) is 8.69. The SMILES string of the molecule is O=C1CC(N(CCF)Cc2ccc(Cl)nc2)CO1. The zero-order valence-corrected chi connectivity index (χ0v) is 10.6. The number of carbonyl (C=O) groups excluding carboxylic acids is 1. The average molecular weight is 273 g/mol. The monoisotopic (exact) mass is 272 g/mol. The van der Waals surface area contributed by atoms with E-state index in [0.717, 1.165) is 5.56 Å². The van der Waals surface area contributed by atoms with Crippen LogP contribution >= 0.6 is 11.6 Å². The van der Waals surface area contributed by atoms with Crippen LogP contribution in [0.15, 0.2) is 18.3 Å². The fraction of sp³-hybridized carbons (Fsp3) is 0.500. The van der Waals surface area contributed by atoms with Crippen molar-refractivity contribution in [1.29, 1.82) is 0 Å². The van der Waals surface area contributed by atoms with Gasteiger partial charge in [0, 0.05) is 19.3 Å². The second kappa shape index (κ2) is 6.11. The highest BCUT2D eigenvalue weighted by Crippen LogP contribution is 2.17. The second-order valence-corrected chi connectivity index (χ2v) is 4.58. The number of pyridine rings is 1. The van der Waals surface area contributed by atoms with Crippen LogP contribution in [0.5, 0.6) is 0 Å². The van der Waals surface area contributed by atoms with Gasteiger partial charge >= 0.3 is 5.97 Å². The van der Waals surface area contributed by atoms with E-state index in [1.165, 1.54) is 0 Å². The molecular formula is C12H14ClFN2O2. The smallest absolute Gasteiger partial charge is 0.307 e. The van der Waals surface area contributed by atoms with Crippen molar-refractivity contribution in [3.8, 4) is 0 Å². The van der Waals surface area contributed by atoms with Gasteiger partial charge in [-0.05, 0) is 11.6 Å². The summed E-state index contributed by atoms with van der Waals surface area (Å²) in [6.45, 7) is 0.699. The fourth-order valence-corrected chi connectivity index (χ4v) is 2.08. The minimum absolute atomic E-state index is 0.0519. The summed E-state index contributed by atoms with van der Waals surface area (Å²) in [4.78, 5) is 17.0. The van der Waals surface area contributed by atoms with E-state index in [1.54, 1.807) is 12.3 Å². The van der Waals surface area contributed by atoms with E-state index in [4.69, 9.17) is 16.3 Å². The third-order valence-corrected chi connectivity index (χ3v) is 3.13. The Morgan fingerprint density at radius 1 is 1.56 bits per heavy atom. The molecule has 0 aliphatic carbocycles. The van der Waals surface area contributed by atoms with Crippen molar-refractivity contribution in [3.63, 3.8) is 0 Å². The molecule has 0 bridgehead atoms. The molecule has 1 saturated heterocycles. The number of cyclic esters (lactones) is 1. The number of halogens is 2. The predicted octanol–water partition coefficient (Wildman–Crippen LogP) is 1.82. The molecule has 0 aromatic carbocycles. The molecule has 4 nitrogen and oxygen atoms in total. The van der Waals surface area contributed by atoms with Gasteiger partial charge in [-0.25, -0.2) is 9.37 Å². The van der Waals surface area contributed by atoms with E-state index in [-0.39, 0.29) is 18.6 Å². The van der Waals surface area contributed by atoms with E-state index in [2.05, 4.69) is 4.98 Å². The maximum absolute atomic E-state index is 12.6. The predicted molar refractivity (Wildman–Crippen MR) is 65.0 cm³/mol. The molecule has 1 aliphatic rings. The molecule has 6 heteroatoms. The topological polar surface area (TPSA) is 42.4 Å². The summed E-state index contributed by atoms with van der Waals surface area (Å²) in [5.74, 6) is -0.224. The van der Waals surface area contributed by atoms with E-state index >= 15 is 0 Å². The maximum Gasteiger partial charge on any atom is 0.307 e. The molecule has 1 aromatic heterocycles. The Morgan fingerprint density at radius 3 is 2.94 bits per heavy atom. The third-order valence-electron chi connectivity index (χ3n) is 2.90. The lowest BCUT2D eigenvalue weighted by Crippen LogP contribution is -2.36. The van der Waals surface area contributed by atoms with Crippen LogP contribution in [-0.4, -0.2) is 41.7 Å². The van der Waals surface area contributed by atoms with Crippen LogP contribution < -0.4 is 0 Å². The number of ether oxygens (including phenoxy) is 1.